The van der Waals surface area contributed by atoms with Crippen LogP contribution in [0.25, 0.3) is 21.3 Å². The fourth-order valence-electron chi connectivity index (χ4n) is 4.17. The van der Waals surface area contributed by atoms with Crippen molar-refractivity contribution in [1.29, 1.82) is 0 Å². The van der Waals surface area contributed by atoms with Crippen molar-refractivity contribution in [2.24, 2.45) is 0 Å². The van der Waals surface area contributed by atoms with Gasteiger partial charge in [0.15, 0.2) is 0 Å². The number of carbonyl (C=O) groups excluding carboxylic acids is 2. The van der Waals surface area contributed by atoms with E-state index in [9.17, 15) is 9.59 Å². The largest absolute Gasteiger partial charge is 0.497 e. The number of nitrogens with two attached hydrogens (primary N) is 1. The molecule has 3 heterocycles. The summed E-state index contributed by atoms with van der Waals surface area (Å²) in [5.41, 5.74) is 10.9. The number of esters is 1. The van der Waals surface area contributed by atoms with Crippen LogP contribution < -0.4 is 15.8 Å². The molecule has 4 aromatic rings. The second kappa shape index (κ2) is 9.08. The smallest absolute Gasteiger partial charge is 0.341 e. The van der Waals surface area contributed by atoms with Crippen LogP contribution >= 0.6 is 22.7 Å². The zero-order valence-electron chi connectivity index (χ0n) is 18.8. The van der Waals surface area contributed by atoms with E-state index < -0.39 is 5.97 Å². The molecule has 0 aliphatic heterocycles. The number of nitrogens with zero attached hydrogens (tertiary/aromatic N) is 1. The molecule has 7 nitrogen and oxygen atoms in total. The van der Waals surface area contributed by atoms with Crippen LogP contribution in [-0.2, 0) is 17.6 Å². The zero-order chi connectivity index (χ0) is 23.8. The first kappa shape index (κ1) is 22.4. The van der Waals surface area contributed by atoms with Gasteiger partial charge in [0.2, 0.25) is 0 Å². The molecule has 1 aliphatic rings. The Morgan fingerprint density at radius 3 is 2.74 bits per heavy atom. The van der Waals surface area contributed by atoms with E-state index in [4.69, 9.17) is 20.2 Å². The molecular weight excluding hydrogens is 470 g/mol. The molecule has 1 aromatic carbocycles. The number of rotatable bonds is 6. The normalized spacial score (nSPS) is 12.5. The average Bonchev–Trinajstić information content (AvgIpc) is 3.55. The summed E-state index contributed by atoms with van der Waals surface area (Å²) in [5, 5.41) is 5.96. The number of ether oxygens (including phenoxy) is 2. The number of hydrogen-bond acceptors (Lipinski definition) is 8. The van der Waals surface area contributed by atoms with Crippen LogP contribution in [0.3, 0.4) is 0 Å². The number of amides is 1. The molecule has 3 N–H and O–H groups in total. The van der Waals surface area contributed by atoms with Gasteiger partial charge in [0.25, 0.3) is 5.91 Å². The maximum Gasteiger partial charge on any atom is 0.341 e. The number of methoxy groups -OCH3 is 1. The van der Waals surface area contributed by atoms with Crippen LogP contribution in [0, 0.1) is 0 Å². The third kappa shape index (κ3) is 3.91. The maximum absolute atomic E-state index is 13.2. The van der Waals surface area contributed by atoms with E-state index in [1.807, 2.05) is 29.6 Å². The fourth-order valence-corrected chi connectivity index (χ4v) is 6.11. The number of hydrogen-bond donors (Lipinski definition) is 2. The summed E-state index contributed by atoms with van der Waals surface area (Å²) in [5.74, 6) is -0.147. The van der Waals surface area contributed by atoms with Crippen molar-refractivity contribution in [3.05, 3.63) is 57.4 Å². The highest BCUT2D eigenvalue weighted by molar-refractivity contribution is 7.21. The number of nitrogen functional groups attached to an aromatic ring is 1. The first-order valence-electron chi connectivity index (χ1n) is 10.9. The molecule has 0 saturated carbocycles. The van der Waals surface area contributed by atoms with Crippen molar-refractivity contribution in [1.82, 2.24) is 4.98 Å². The van der Waals surface area contributed by atoms with Crippen molar-refractivity contribution >= 4 is 55.5 Å². The topological polar surface area (TPSA) is 104 Å². The molecule has 0 radical (unpaired) electrons. The number of nitrogens with one attached hydrogen (secondary N) is 1. The third-order valence-corrected chi connectivity index (χ3v) is 7.86. The van der Waals surface area contributed by atoms with Crippen LogP contribution in [-0.4, -0.2) is 30.6 Å². The first-order valence-corrected chi connectivity index (χ1v) is 12.6. The molecule has 0 bridgehead atoms. The lowest BCUT2D eigenvalue weighted by Gasteiger charge is -2.09. The highest BCUT2D eigenvalue weighted by Crippen LogP contribution is 2.39. The molecule has 3 aromatic heterocycles. The molecule has 0 spiro atoms. The van der Waals surface area contributed by atoms with Crippen LogP contribution in [0.15, 0.2) is 35.7 Å². The van der Waals surface area contributed by atoms with Crippen molar-refractivity contribution < 1.29 is 19.1 Å². The lowest BCUT2D eigenvalue weighted by Crippen LogP contribution is -2.14. The summed E-state index contributed by atoms with van der Waals surface area (Å²) in [7, 11) is 1.60. The molecule has 174 valence electrons. The van der Waals surface area contributed by atoms with Crippen molar-refractivity contribution in [3.8, 4) is 16.9 Å². The van der Waals surface area contributed by atoms with Gasteiger partial charge in [0.1, 0.15) is 26.0 Å². The van der Waals surface area contributed by atoms with E-state index in [1.54, 1.807) is 14.0 Å². The van der Waals surface area contributed by atoms with Gasteiger partial charge in [-0.05, 0) is 55.5 Å². The SMILES string of the molecule is CCOC(=O)c1c(-c2ccc(OC)cc2)csc1NC(=O)c1sc2nc3c(cc2c1N)CCC3. The molecule has 0 fully saturated rings. The Morgan fingerprint density at radius 2 is 2.00 bits per heavy atom. The zero-order valence-corrected chi connectivity index (χ0v) is 20.4. The average molecular weight is 494 g/mol. The minimum absolute atomic E-state index is 0.226. The molecule has 1 aliphatic carbocycles. The summed E-state index contributed by atoms with van der Waals surface area (Å²) < 4.78 is 10.5. The number of thiophene rings is 2. The van der Waals surface area contributed by atoms with Crippen molar-refractivity contribution in [2.45, 2.75) is 26.2 Å². The van der Waals surface area contributed by atoms with E-state index >= 15 is 0 Å². The molecular formula is C25H23N3O4S2. The fraction of sp³-hybridized carbons (Fsp3) is 0.240. The van der Waals surface area contributed by atoms with Crippen LogP contribution in [0.2, 0.25) is 0 Å². The highest BCUT2D eigenvalue weighted by atomic mass is 32.1. The van der Waals surface area contributed by atoms with Crippen LogP contribution in [0.5, 0.6) is 5.75 Å². The Hall–Kier alpha value is -3.43. The van der Waals surface area contributed by atoms with Gasteiger partial charge in [0.05, 0.1) is 19.4 Å². The predicted octanol–water partition coefficient (Wildman–Crippen LogP) is 5.53. The molecule has 9 heteroatoms. The minimum Gasteiger partial charge on any atom is -0.497 e. The van der Waals surface area contributed by atoms with Gasteiger partial charge in [0, 0.05) is 22.0 Å². The number of pyridine rings is 1. The third-order valence-electron chi connectivity index (χ3n) is 5.85. The number of benzene rings is 1. The van der Waals surface area contributed by atoms with Crippen molar-refractivity contribution in [3.63, 3.8) is 0 Å². The monoisotopic (exact) mass is 493 g/mol. The lowest BCUT2D eigenvalue weighted by atomic mass is 10.0. The summed E-state index contributed by atoms with van der Waals surface area (Å²) in [6.45, 7) is 1.97. The van der Waals surface area contributed by atoms with Crippen LogP contribution in [0.1, 0.15) is 44.6 Å². The van der Waals surface area contributed by atoms with Gasteiger partial charge in [-0.2, -0.15) is 0 Å². The number of anilines is 2. The second-order valence-electron chi connectivity index (χ2n) is 7.90. The Kier molecular flexibility index (Phi) is 5.97. The van der Waals surface area contributed by atoms with Gasteiger partial charge < -0.3 is 20.5 Å². The molecule has 0 atom stereocenters. The Labute approximate surface area is 204 Å². The van der Waals surface area contributed by atoms with Crippen LogP contribution in [0.4, 0.5) is 10.7 Å². The van der Waals surface area contributed by atoms with E-state index in [0.717, 1.165) is 40.7 Å². The Balaban J connectivity index is 1.50. The summed E-state index contributed by atoms with van der Waals surface area (Å²) in [6.07, 6.45) is 3.04. The summed E-state index contributed by atoms with van der Waals surface area (Å²) >= 11 is 2.55. The quantitative estimate of drug-likeness (QED) is 0.342. The summed E-state index contributed by atoms with van der Waals surface area (Å²) in [4.78, 5) is 32.0. The number of fused-ring (bicyclic) bond motifs is 2. The van der Waals surface area contributed by atoms with Gasteiger partial charge in [-0.25, -0.2) is 9.78 Å². The van der Waals surface area contributed by atoms with Crippen molar-refractivity contribution in [2.75, 3.05) is 24.8 Å². The van der Waals surface area contributed by atoms with Gasteiger partial charge in [-0.15, -0.1) is 22.7 Å². The van der Waals surface area contributed by atoms with E-state index in [2.05, 4.69) is 11.4 Å². The van der Waals surface area contributed by atoms with Gasteiger partial charge in [-0.1, -0.05) is 12.1 Å². The van der Waals surface area contributed by atoms with E-state index in [-0.39, 0.29) is 12.5 Å². The highest BCUT2D eigenvalue weighted by Gasteiger charge is 2.26. The summed E-state index contributed by atoms with van der Waals surface area (Å²) in [6, 6.07) is 9.43. The molecule has 5 rings (SSSR count). The molecule has 0 unspecified atom stereocenters. The standard InChI is InChI=1S/C25H23N3O4S2/c1-3-32-25(30)19-17(13-7-9-15(31-2)10-8-13)12-33-24(19)28-22(29)21-20(26)16-11-14-5-4-6-18(14)27-23(16)34-21/h7-12H,3-6,26H2,1-2H3,(H,28,29). The van der Waals surface area contributed by atoms with Gasteiger partial charge in [-0.3, -0.25) is 4.79 Å². The van der Waals surface area contributed by atoms with Gasteiger partial charge >= 0.3 is 5.97 Å². The van der Waals surface area contributed by atoms with E-state index in [1.165, 1.54) is 28.2 Å². The number of aryl methyl sites for hydroxylation is 2. The maximum atomic E-state index is 13.2. The van der Waals surface area contributed by atoms with E-state index in [0.29, 0.717) is 32.4 Å². The minimum atomic E-state index is -0.493. The molecule has 1 amide bonds. The molecule has 34 heavy (non-hydrogen) atoms. The predicted molar refractivity (Wildman–Crippen MR) is 136 cm³/mol. The molecule has 0 saturated heterocycles. The Morgan fingerprint density at radius 1 is 1.21 bits per heavy atom. The number of carbonyl (C=O) groups is 2. The first-order chi connectivity index (χ1) is 16.5. The number of aromatic nitrogens is 1. The second-order valence-corrected chi connectivity index (χ2v) is 9.78. The Bertz CT molecular complexity index is 1410. The lowest BCUT2D eigenvalue weighted by molar-refractivity contribution is 0.0529.